The smallest absolute Gasteiger partial charge is 0.326 e. The number of nitrogens with zero attached hydrogens (tertiary/aromatic N) is 2. The average Bonchev–Trinajstić information content (AvgIpc) is 3.27. The number of nitrogens with one attached hydrogen (secondary N) is 2. The van der Waals surface area contributed by atoms with E-state index in [2.05, 4.69) is 15.6 Å². The van der Waals surface area contributed by atoms with Gasteiger partial charge >= 0.3 is 5.97 Å². The molecule has 1 saturated heterocycles. The highest BCUT2D eigenvalue weighted by molar-refractivity contribution is 5.94. The molecule has 11 N–H and O–H groups in total. The Bertz CT molecular complexity index is 829. The van der Waals surface area contributed by atoms with Crippen LogP contribution in [0.25, 0.3) is 0 Å². The molecule has 1 aliphatic heterocycles. The minimum atomic E-state index is -1.34. The minimum Gasteiger partial charge on any atom is -0.480 e. The van der Waals surface area contributed by atoms with Gasteiger partial charge in [0.05, 0.1) is 6.04 Å². The van der Waals surface area contributed by atoms with Crippen LogP contribution in [0.5, 0.6) is 0 Å². The number of aliphatic carboxylic acids is 1. The Kier molecular flexibility index (Phi) is 12.6. The second-order valence-electron chi connectivity index (χ2n) is 9.34. The number of hydrogen-bond donors (Lipinski definition) is 7. The number of guanidine groups is 1. The molecule has 14 heteroatoms. The van der Waals surface area contributed by atoms with Crippen LogP contribution in [0, 0.1) is 5.92 Å². The molecule has 1 heterocycles. The van der Waals surface area contributed by atoms with E-state index in [1.54, 1.807) is 0 Å². The van der Waals surface area contributed by atoms with Crippen molar-refractivity contribution in [1.29, 1.82) is 0 Å². The largest absolute Gasteiger partial charge is 0.480 e. The molecule has 0 aromatic rings. The standard InChI is InChI=1S/C22H40N8O6/c1-12(2)11-15(18(32)28-14(21(35)36)7-8-17(24)31)29-19(33)16-6-4-10-30(16)20(34)13(23)5-3-9-27-22(25)26/h12-16H,3-11,23H2,1-2H3,(H2,24,31)(H,28,32)(H,29,33)(H,35,36)(H4,25,26,27). The van der Waals surface area contributed by atoms with Gasteiger partial charge in [0.15, 0.2) is 5.96 Å². The third-order valence-corrected chi connectivity index (χ3v) is 5.76. The van der Waals surface area contributed by atoms with Crippen LogP contribution in [-0.4, -0.2) is 82.8 Å². The van der Waals surface area contributed by atoms with Crippen LogP contribution in [0.1, 0.15) is 58.8 Å². The number of rotatable bonds is 15. The summed E-state index contributed by atoms with van der Waals surface area (Å²) in [6, 6.07) is -3.99. The van der Waals surface area contributed by atoms with Gasteiger partial charge in [0.25, 0.3) is 0 Å². The molecule has 0 saturated carbocycles. The summed E-state index contributed by atoms with van der Waals surface area (Å²) in [4.78, 5) is 66.6. The summed E-state index contributed by atoms with van der Waals surface area (Å²) in [6.07, 6.45) is 1.68. The van der Waals surface area contributed by atoms with E-state index < -0.39 is 47.9 Å². The van der Waals surface area contributed by atoms with Gasteiger partial charge in [-0.05, 0) is 44.4 Å². The van der Waals surface area contributed by atoms with Crippen molar-refractivity contribution in [2.45, 2.75) is 83.0 Å². The summed E-state index contributed by atoms with van der Waals surface area (Å²) in [5, 5.41) is 14.4. The fraction of sp³-hybridized carbons (Fsp3) is 0.727. The molecule has 1 rings (SSSR count). The van der Waals surface area contributed by atoms with E-state index in [4.69, 9.17) is 22.9 Å². The maximum atomic E-state index is 13.1. The van der Waals surface area contributed by atoms with Gasteiger partial charge in [-0.15, -0.1) is 0 Å². The third kappa shape index (κ3) is 10.5. The molecule has 0 bridgehead atoms. The van der Waals surface area contributed by atoms with E-state index in [1.807, 2.05) is 13.8 Å². The van der Waals surface area contributed by atoms with Crippen LogP contribution in [0.15, 0.2) is 4.99 Å². The van der Waals surface area contributed by atoms with Crippen molar-refractivity contribution in [3.8, 4) is 0 Å². The SMILES string of the molecule is CC(C)CC(NC(=O)C1CCCN1C(=O)C(N)CCCN=C(N)N)C(=O)NC(CCC(N)=O)C(=O)O. The molecule has 1 fully saturated rings. The van der Waals surface area contributed by atoms with Crippen LogP contribution >= 0.6 is 0 Å². The van der Waals surface area contributed by atoms with Gasteiger partial charge in [0.1, 0.15) is 18.1 Å². The molecule has 0 aromatic carbocycles. The zero-order chi connectivity index (χ0) is 27.4. The monoisotopic (exact) mass is 512 g/mol. The third-order valence-electron chi connectivity index (χ3n) is 5.76. The molecule has 14 nitrogen and oxygen atoms in total. The van der Waals surface area contributed by atoms with E-state index in [9.17, 15) is 29.1 Å². The van der Waals surface area contributed by atoms with Gasteiger partial charge < -0.3 is 43.6 Å². The summed E-state index contributed by atoms with van der Waals surface area (Å²) < 4.78 is 0. The zero-order valence-electron chi connectivity index (χ0n) is 20.9. The molecule has 204 valence electrons. The van der Waals surface area contributed by atoms with Gasteiger partial charge in [-0.25, -0.2) is 4.79 Å². The number of amides is 4. The van der Waals surface area contributed by atoms with Crippen molar-refractivity contribution in [2.75, 3.05) is 13.1 Å². The minimum absolute atomic E-state index is 0.00472. The van der Waals surface area contributed by atoms with Gasteiger partial charge in [0, 0.05) is 19.5 Å². The number of hydrogen-bond acceptors (Lipinski definition) is 7. The number of carboxylic acids is 1. The quantitative estimate of drug-likeness (QED) is 0.0708. The molecular weight excluding hydrogens is 472 g/mol. The summed E-state index contributed by atoms with van der Waals surface area (Å²) in [5.41, 5.74) is 21.7. The second-order valence-corrected chi connectivity index (χ2v) is 9.34. The first-order valence-electron chi connectivity index (χ1n) is 12.1. The van der Waals surface area contributed by atoms with E-state index >= 15 is 0 Å². The van der Waals surface area contributed by atoms with Gasteiger partial charge in [-0.1, -0.05) is 13.8 Å². The van der Waals surface area contributed by atoms with E-state index in [1.165, 1.54) is 4.90 Å². The lowest BCUT2D eigenvalue weighted by molar-refractivity contribution is -0.143. The summed E-state index contributed by atoms with van der Waals surface area (Å²) in [5.74, 6) is -3.65. The summed E-state index contributed by atoms with van der Waals surface area (Å²) in [6.45, 7) is 4.38. The predicted molar refractivity (Wildman–Crippen MR) is 132 cm³/mol. The fourth-order valence-corrected chi connectivity index (χ4v) is 3.95. The normalized spacial score (nSPS) is 17.7. The Hall–Kier alpha value is -3.42. The molecule has 0 radical (unpaired) electrons. The first kappa shape index (κ1) is 30.6. The molecule has 4 unspecified atom stereocenters. The number of carbonyl (C=O) groups excluding carboxylic acids is 4. The van der Waals surface area contributed by atoms with Crippen LogP contribution in [0.3, 0.4) is 0 Å². The Balaban J connectivity index is 2.84. The van der Waals surface area contributed by atoms with Crippen LogP contribution in [0.4, 0.5) is 0 Å². The molecule has 0 aliphatic carbocycles. The predicted octanol–water partition coefficient (Wildman–Crippen LogP) is -2.28. The molecule has 4 atom stereocenters. The molecule has 36 heavy (non-hydrogen) atoms. The van der Waals surface area contributed by atoms with Gasteiger partial charge in [0.2, 0.25) is 23.6 Å². The molecule has 0 aromatic heterocycles. The number of primary amides is 1. The van der Waals surface area contributed by atoms with E-state index in [0.29, 0.717) is 38.8 Å². The lowest BCUT2D eigenvalue weighted by Crippen LogP contribution is -2.56. The van der Waals surface area contributed by atoms with Gasteiger partial charge in [-0.2, -0.15) is 0 Å². The Labute approximate surface area is 210 Å². The Morgan fingerprint density at radius 1 is 1.06 bits per heavy atom. The number of likely N-dealkylation sites (tertiary alicyclic amines) is 1. The maximum absolute atomic E-state index is 13.1. The first-order chi connectivity index (χ1) is 16.8. The van der Waals surface area contributed by atoms with Crippen molar-refractivity contribution in [1.82, 2.24) is 15.5 Å². The number of aliphatic imine (C=N–C) groups is 1. The highest BCUT2D eigenvalue weighted by atomic mass is 16.4. The van der Waals surface area contributed by atoms with Crippen LogP contribution in [0.2, 0.25) is 0 Å². The topological polar surface area (TPSA) is 249 Å². The van der Waals surface area contributed by atoms with Crippen molar-refractivity contribution in [3.05, 3.63) is 0 Å². The average molecular weight is 513 g/mol. The first-order valence-corrected chi connectivity index (χ1v) is 12.1. The lowest BCUT2D eigenvalue weighted by atomic mass is 10.0. The fourth-order valence-electron chi connectivity index (χ4n) is 3.95. The Morgan fingerprint density at radius 3 is 2.28 bits per heavy atom. The van der Waals surface area contributed by atoms with Crippen LogP contribution in [-0.2, 0) is 24.0 Å². The van der Waals surface area contributed by atoms with Crippen molar-refractivity contribution in [3.63, 3.8) is 0 Å². The highest BCUT2D eigenvalue weighted by Crippen LogP contribution is 2.20. The van der Waals surface area contributed by atoms with Crippen LogP contribution < -0.4 is 33.6 Å². The number of nitrogens with two attached hydrogens (primary N) is 4. The zero-order valence-corrected chi connectivity index (χ0v) is 20.9. The van der Waals surface area contributed by atoms with Crippen molar-refractivity contribution in [2.24, 2.45) is 33.8 Å². The van der Waals surface area contributed by atoms with E-state index in [0.717, 1.165) is 0 Å². The number of carbonyl (C=O) groups is 5. The Morgan fingerprint density at radius 2 is 1.72 bits per heavy atom. The highest BCUT2D eigenvalue weighted by Gasteiger charge is 2.38. The van der Waals surface area contributed by atoms with E-state index in [-0.39, 0.29) is 37.0 Å². The second kappa shape index (κ2) is 14.9. The molecule has 0 spiro atoms. The van der Waals surface area contributed by atoms with Crippen molar-refractivity contribution < 1.29 is 29.1 Å². The summed E-state index contributed by atoms with van der Waals surface area (Å²) in [7, 11) is 0. The number of carboxylic acid groups (broad SMARTS) is 1. The molecular formula is C22H40N8O6. The molecule has 4 amide bonds. The van der Waals surface area contributed by atoms with Crippen molar-refractivity contribution >= 4 is 35.6 Å². The lowest BCUT2D eigenvalue weighted by Gasteiger charge is -2.29. The summed E-state index contributed by atoms with van der Waals surface area (Å²) >= 11 is 0. The maximum Gasteiger partial charge on any atom is 0.326 e. The van der Waals surface area contributed by atoms with Gasteiger partial charge in [-0.3, -0.25) is 24.2 Å². The molecule has 1 aliphatic rings.